The third-order valence-electron chi connectivity index (χ3n) is 3.65. The number of amides is 1. The van der Waals surface area contributed by atoms with Crippen LogP contribution >= 0.6 is 0 Å². The maximum absolute atomic E-state index is 12.4. The Morgan fingerprint density at radius 2 is 2.05 bits per heavy atom. The SMILES string of the molecule is NC1CC(CCCO)CN(C(=O)c2ccccc2)C1. The minimum absolute atomic E-state index is 0.0464. The van der Waals surface area contributed by atoms with Gasteiger partial charge in [0.1, 0.15) is 0 Å². The van der Waals surface area contributed by atoms with Crippen molar-refractivity contribution < 1.29 is 9.90 Å². The van der Waals surface area contributed by atoms with Crippen molar-refractivity contribution in [1.82, 2.24) is 4.90 Å². The fourth-order valence-electron chi connectivity index (χ4n) is 2.76. The van der Waals surface area contributed by atoms with Crippen molar-refractivity contribution in [3.63, 3.8) is 0 Å². The maximum atomic E-state index is 12.4. The van der Waals surface area contributed by atoms with Gasteiger partial charge in [-0.05, 0) is 37.3 Å². The zero-order valence-corrected chi connectivity index (χ0v) is 11.2. The van der Waals surface area contributed by atoms with E-state index in [1.165, 1.54) is 0 Å². The summed E-state index contributed by atoms with van der Waals surface area (Å²) < 4.78 is 0. The van der Waals surface area contributed by atoms with Crippen molar-refractivity contribution in [3.05, 3.63) is 35.9 Å². The molecule has 1 heterocycles. The number of benzene rings is 1. The Labute approximate surface area is 114 Å². The lowest BCUT2D eigenvalue weighted by atomic mass is 9.90. The van der Waals surface area contributed by atoms with Gasteiger partial charge in [0.2, 0.25) is 0 Å². The quantitative estimate of drug-likeness (QED) is 0.858. The molecule has 1 aromatic carbocycles. The van der Waals surface area contributed by atoms with E-state index in [9.17, 15) is 4.79 Å². The van der Waals surface area contributed by atoms with Crippen molar-refractivity contribution in [2.75, 3.05) is 19.7 Å². The standard InChI is InChI=1S/C15H22N2O2/c16-14-9-12(5-4-8-18)10-17(11-14)15(19)13-6-2-1-3-7-13/h1-3,6-7,12,14,18H,4-5,8-11,16H2. The molecule has 0 radical (unpaired) electrons. The molecule has 0 aliphatic carbocycles. The topological polar surface area (TPSA) is 66.6 Å². The molecule has 0 aromatic heterocycles. The number of aliphatic hydroxyl groups is 1. The summed E-state index contributed by atoms with van der Waals surface area (Å²) in [5.41, 5.74) is 6.77. The van der Waals surface area contributed by atoms with Gasteiger partial charge in [-0.15, -0.1) is 0 Å². The van der Waals surface area contributed by atoms with E-state index in [4.69, 9.17) is 10.8 Å². The summed E-state index contributed by atoms with van der Waals surface area (Å²) >= 11 is 0. The molecule has 4 heteroatoms. The van der Waals surface area contributed by atoms with Crippen LogP contribution in [0, 0.1) is 5.92 Å². The highest BCUT2D eigenvalue weighted by atomic mass is 16.2. The maximum Gasteiger partial charge on any atom is 0.253 e. The summed E-state index contributed by atoms with van der Waals surface area (Å²) in [6, 6.07) is 9.38. The van der Waals surface area contributed by atoms with Gasteiger partial charge in [-0.1, -0.05) is 18.2 Å². The van der Waals surface area contributed by atoms with Gasteiger partial charge in [0, 0.05) is 31.3 Å². The molecule has 1 aliphatic rings. The lowest BCUT2D eigenvalue weighted by Crippen LogP contribution is -2.49. The minimum Gasteiger partial charge on any atom is -0.396 e. The molecule has 104 valence electrons. The molecule has 4 nitrogen and oxygen atoms in total. The second-order valence-electron chi connectivity index (χ2n) is 5.30. The molecule has 0 bridgehead atoms. The lowest BCUT2D eigenvalue weighted by Gasteiger charge is -2.36. The molecule has 1 aliphatic heterocycles. The summed E-state index contributed by atoms with van der Waals surface area (Å²) in [7, 11) is 0. The van der Waals surface area contributed by atoms with Crippen LogP contribution in [0.15, 0.2) is 30.3 Å². The van der Waals surface area contributed by atoms with Crippen LogP contribution < -0.4 is 5.73 Å². The molecule has 1 fully saturated rings. The average Bonchev–Trinajstić information content (AvgIpc) is 2.44. The molecule has 0 spiro atoms. The summed E-state index contributed by atoms with van der Waals surface area (Å²) in [6.07, 6.45) is 2.66. The van der Waals surface area contributed by atoms with Gasteiger partial charge in [-0.2, -0.15) is 0 Å². The average molecular weight is 262 g/mol. The first kappa shape index (κ1) is 14.0. The Balaban J connectivity index is 2.01. The zero-order valence-electron chi connectivity index (χ0n) is 11.2. The minimum atomic E-state index is 0.0464. The number of piperidine rings is 1. The van der Waals surface area contributed by atoms with E-state index in [2.05, 4.69) is 0 Å². The number of hydrogen-bond donors (Lipinski definition) is 2. The monoisotopic (exact) mass is 262 g/mol. The van der Waals surface area contributed by atoms with Crippen molar-refractivity contribution in [2.24, 2.45) is 11.7 Å². The predicted molar refractivity (Wildman–Crippen MR) is 74.7 cm³/mol. The highest BCUT2D eigenvalue weighted by Gasteiger charge is 2.28. The number of rotatable bonds is 4. The first-order chi connectivity index (χ1) is 9.20. The first-order valence-electron chi connectivity index (χ1n) is 6.91. The number of carbonyl (C=O) groups is 1. The smallest absolute Gasteiger partial charge is 0.253 e. The normalized spacial score (nSPS) is 23.4. The van der Waals surface area contributed by atoms with E-state index < -0.39 is 0 Å². The van der Waals surface area contributed by atoms with Gasteiger partial charge < -0.3 is 15.7 Å². The van der Waals surface area contributed by atoms with Crippen LogP contribution in [-0.4, -0.2) is 41.7 Å². The molecule has 0 saturated carbocycles. The predicted octanol–water partition coefficient (Wildman–Crippen LogP) is 1.25. The van der Waals surface area contributed by atoms with Crippen LogP contribution in [-0.2, 0) is 0 Å². The molecule has 1 aromatic rings. The third kappa shape index (κ3) is 3.78. The summed E-state index contributed by atoms with van der Waals surface area (Å²) in [4.78, 5) is 14.2. The van der Waals surface area contributed by atoms with Crippen molar-refractivity contribution >= 4 is 5.91 Å². The van der Waals surface area contributed by atoms with E-state index >= 15 is 0 Å². The summed E-state index contributed by atoms with van der Waals surface area (Å²) in [5, 5.41) is 8.90. The van der Waals surface area contributed by atoms with Crippen molar-refractivity contribution in [2.45, 2.75) is 25.3 Å². The van der Waals surface area contributed by atoms with Crippen LogP contribution in [0.1, 0.15) is 29.6 Å². The molecule has 3 N–H and O–H groups in total. The Morgan fingerprint density at radius 1 is 1.32 bits per heavy atom. The highest BCUT2D eigenvalue weighted by molar-refractivity contribution is 5.94. The van der Waals surface area contributed by atoms with Crippen LogP contribution in [0.3, 0.4) is 0 Å². The van der Waals surface area contributed by atoms with Crippen molar-refractivity contribution in [1.29, 1.82) is 0 Å². The van der Waals surface area contributed by atoms with E-state index in [0.717, 1.165) is 31.4 Å². The van der Waals surface area contributed by atoms with Crippen LogP contribution in [0.5, 0.6) is 0 Å². The third-order valence-corrected chi connectivity index (χ3v) is 3.65. The Morgan fingerprint density at radius 3 is 2.74 bits per heavy atom. The number of carbonyl (C=O) groups excluding carboxylic acids is 1. The number of hydrogen-bond acceptors (Lipinski definition) is 3. The second kappa shape index (κ2) is 6.68. The van der Waals surface area contributed by atoms with Crippen molar-refractivity contribution in [3.8, 4) is 0 Å². The summed E-state index contributed by atoms with van der Waals surface area (Å²) in [6.45, 7) is 1.59. The second-order valence-corrected chi connectivity index (χ2v) is 5.30. The van der Waals surface area contributed by atoms with Crippen LogP contribution in [0.4, 0.5) is 0 Å². The lowest BCUT2D eigenvalue weighted by molar-refractivity contribution is 0.0638. The molecule has 2 unspecified atom stereocenters. The van der Waals surface area contributed by atoms with Gasteiger partial charge in [0.05, 0.1) is 0 Å². The van der Waals surface area contributed by atoms with Crippen LogP contribution in [0.25, 0.3) is 0 Å². The fourth-order valence-corrected chi connectivity index (χ4v) is 2.76. The Hall–Kier alpha value is -1.39. The van der Waals surface area contributed by atoms with Gasteiger partial charge in [0.15, 0.2) is 0 Å². The van der Waals surface area contributed by atoms with E-state index in [0.29, 0.717) is 12.5 Å². The number of aliphatic hydroxyl groups excluding tert-OH is 1. The number of nitrogens with zero attached hydrogens (tertiary/aromatic N) is 1. The number of nitrogens with two attached hydrogens (primary N) is 1. The molecular weight excluding hydrogens is 240 g/mol. The number of likely N-dealkylation sites (tertiary alicyclic amines) is 1. The largest absolute Gasteiger partial charge is 0.396 e. The molecule has 1 amide bonds. The van der Waals surface area contributed by atoms with E-state index in [1.807, 2.05) is 35.2 Å². The molecular formula is C15H22N2O2. The van der Waals surface area contributed by atoms with E-state index in [1.54, 1.807) is 0 Å². The van der Waals surface area contributed by atoms with Gasteiger partial charge in [0.25, 0.3) is 5.91 Å². The summed E-state index contributed by atoms with van der Waals surface area (Å²) in [5.74, 6) is 0.466. The van der Waals surface area contributed by atoms with Crippen LogP contribution in [0.2, 0.25) is 0 Å². The van der Waals surface area contributed by atoms with Gasteiger partial charge in [-0.25, -0.2) is 0 Å². The molecule has 2 atom stereocenters. The molecule has 1 saturated heterocycles. The molecule has 2 rings (SSSR count). The van der Waals surface area contributed by atoms with Gasteiger partial charge >= 0.3 is 0 Å². The Kier molecular flexibility index (Phi) is 4.93. The van der Waals surface area contributed by atoms with Gasteiger partial charge in [-0.3, -0.25) is 4.79 Å². The zero-order chi connectivity index (χ0) is 13.7. The highest BCUT2D eigenvalue weighted by Crippen LogP contribution is 2.21. The fraction of sp³-hybridized carbons (Fsp3) is 0.533. The first-order valence-corrected chi connectivity index (χ1v) is 6.91. The Bertz CT molecular complexity index is 408. The molecule has 19 heavy (non-hydrogen) atoms. The van der Waals surface area contributed by atoms with E-state index in [-0.39, 0.29) is 18.6 Å².